The maximum atomic E-state index is 12.5. The molecule has 1 atom stereocenters. The van der Waals surface area contributed by atoms with Gasteiger partial charge in [0.1, 0.15) is 0 Å². The molecule has 2 N–H and O–H groups in total. The number of amides is 1. The number of nitrogens with zero attached hydrogens (tertiary/aromatic N) is 1. The minimum Gasteiger partial charge on any atom is -0.398 e. The molecule has 0 aliphatic carbocycles. The van der Waals surface area contributed by atoms with Crippen molar-refractivity contribution >= 4 is 11.6 Å². The van der Waals surface area contributed by atoms with Crippen LogP contribution < -0.4 is 5.73 Å². The van der Waals surface area contributed by atoms with Gasteiger partial charge < -0.3 is 20.1 Å². The average Bonchev–Trinajstić information content (AvgIpc) is 2.39. The van der Waals surface area contributed by atoms with Gasteiger partial charge in [0.25, 0.3) is 5.91 Å². The molecule has 1 amide bonds. The van der Waals surface area contributed by atoms with Crippen molar-refractivity contribution in [1.82, 2.24) is 4.90 Å². The van der Waals surface area contributed by atoms with Crippen LogP contribution in [0.3, 0.4) is 0 Å². The monoisotopic (exact) mass is 266 g/mol. The van der Waals surface area contributed by atoms with E-state index in [-0.39, 0.29) is 11.9 Å². The average molecular weight is 266 g/mol. The van der Waals surface area contributed by atoms with Gasteiger partial charge in [-0.3, -0.25) is 4.79 Å². The molecular formula is C14H22N2O3. The lowest BCUT2D eigenvalue weighted by Crippen LogP contribution is -2.43. The van der Waals surface area contributed by atoms with E-state index in [0.29, 0.717) is 31.0 Å². The Labute approximate surface area is 114 Å². The van der Waals surface area contributed by atoms with Crippen LogP contribution >= 0.6 is 0 Å². The zero-order chi connectivity index (χ0) is 14.3. The predicted molar refractivity (Wildman–Crippen MR) is 75.1 cm³/mol. The van der Waals surface area contributed by atoms with E-state index in [9.17, 15) is 4.79 Å². The second kappa shape index (κ2) is 7.76. The Bertz CT molecular complexity index is 409. The van der Waals surface area contributed by atoms with Crippen molar-refractivity contribution in [2.45, 2.75) is 13.0 Å². The van der Waals surface area contributed by atoms with E-state index >= 15 is 0 Å². The third-order valence-electron chi connectivity index (χ3n) is 2.93. The van der Waals surface area contributed by atoms with Gasteiger partial charge in [0, 0.05) is 26.5 Å². The van der Waals surface area contributed by atoms with Crippen LogP contribution in [0.2, 0.25) is 0 Å². The second-order valence-corrected chi connectivity index (χ2v) is 4.38. The predicted octanol–water partition coefficient (Wildman–Crippen LogP) is 1.39. The van der Waals surface area contributed by atoms with Gasteiger partial charge in [-0.15, -0.1) is 0 Å². The topological polar surface area (TPSA) is 64.8 Å². The maximum Gasteiger partial charge on any atom is 0.256 e. The van der Waals surface area contributed by atoms with E-state index in [4.69, 9.17) is 15.2 Å². The third-order valence-corrected chi connectivity index (χ3v) is 2.93. The van der Waals surface area contributed by atoms with Gasteiger partial charge in [0.05, 0.1) is 24.8 Å². The summed E-state index contributed by atoms with van der Waals surface area (Å²) >= 11 is 0. The van der Waals surface area contributed by atoms with Crippen molar-refractivity contribution in [1.29, 1.82) is 0 Å². The molecule has 1 aromatic carbocycles. The number of ether oxygens (including phenoxy) is 2. The van der Waals surface area contributed by atoms with Crippen LogP contribution in [-0.4, -0.2) is 50.8 Å². The van der Waals surface area contributed by atoms with Crippen molar-refractivity contribution in [3.05, 3.63) is 29.8 Å². The SMILES string of the molecule is COCCN(C(=O)c1ccccc1N)C(C)COC. The smallest absolute Gasteiger partial charge is 0.256 e. The number of methoxy groups -OCH3 is 2. The number of hydrogen-bond donors (Lipinski definition) is 1. The Hall–Kier alpha value is -1.59. The molecule has 0 aliphatic heterocycles. The molecule has 0 aliphatic rings. The Morgan fingerprint density at radius 2 is 2.00 bits per heavy atom. The number of benzene rings is 1. The quantitative estimate of drug-likeness (QED) is 0.757. The lowest BCUT2D eigenvalue weighted by molar-refractivity contribution is 0.0480. The highest BCUT2D eigenvalue weighted by Crippen LogP contribution is 2.15. The van der Waals surface area contributed by atoms with Crippen LogP contribution in [0, 0.1) is 0 Å². The first kappa shape index (κ1) is 15.5. The summed E-state index contributed by atoms with van der Waals surface area (Å²) in [5, 5.41) is 0. The van der Waals surface area contributed by atoms with Crippen molar-refractivity contribution < 1.29 is 14.3 Å². The van der Waals surface area contributed by atoms with Crippen LogP contribution in [0.25, 0.3) is 0 Å². The van der Waals surface area contributed by atoms with Crippen molar-refractivity contribution in [2.24, 2.45) is 0 Å². The van der Waals surface area contributed by atoms with Gasteiger partial charge in [0.2, 0.25) is 0 Å². The first-order valence-corrected chi connectivity index (χ1v) is 6.25. The molecule has 19 heavy (non-hydrogen) atoms. The summed E-state index contributed by atoms with van der Waals surface area (Å²) in [6, 6.07) is 7.04. The standard InChI is InChI=1S/C14H22N2O3/c1-11(10-19-3)16(8-9-18-2)14(17)12-6-4-5-7-13(12)15/h4-7,11H,8-10,15H2,1-3H3. The Morgan fingerprint density at radius 3 is 2.58 bits per heavy atom. The summed E-state index contributed by atoms with van der Waals surface area (Å²) in [7, 11) is 3.23. The van der Waals surface area contributed by atoms with Gasteiger partial charge >= 0.3 is 0 Å². The zero-order valence-electron chi connectivity index (χ0n) is 11.8. The van der Waals surface area contributed by atoms with E-state index in [1.54, 1.807) is 37.3 Å². The molecule has 0 spiro atoms. The minimum absolute atomic E-state index is 0.0349. The van der Waals surface area contributed by atoms with Crippen molar-refractivity contribution in [3.63, 3.8) is 0 Å². The summed E-state index contributed by atoms with van der Waals surface area (Å²) in [5.74, 6) is -0.0975. The van der Waals surface area contributed by atoms with Crippen LogP contribution in [0.5, 0.6) is 0 Å². The van der Waals surface area contributed by atoms with Gasteiger partial charge in [0.15, 0.2) is 0 Å². The largest absolute Gasteiger partial charge is 0.398 e. The number of nitrogen functional groups attached to an aromatic ring is 1. The summed E-state index contributed by atoms with van der Waals surface area (Å²) in [5.41, 5.74) is 6.85. The number of carbonyl (C=O) groups is 1. The first-order chi connectivity index (χ1) is 9.11. The number of para-hydroxylation sites is 1. The second-order valence-electron chi connectivity index (χ2n) is 4.38. The zero-order valence-corrected chi connectivity index (χ0v) is 11.8. The Morgan fingerprint density at radius 1 is 1.32 bits per heavy atom. The molecule has 1 aromatic rings. The highest BCUT2D eigenvalue weighted by Gasteiger charge is 2.22. The van der Waals surface area contributed by atoms with Crippen LogP contribution in [0.15, 0.2) is 24.3 Å². The minimum atomic E-state index is -0.0975. The molecule has 0 saturated carbocycles. The Kier molecular flexibility index (Phi) is 6.32. The van der Waals surface area contributed by atoms with Gasteiger partial charge in [-0.25, -0.2) is 0 Å². The molecular weight excluding hydrogens is 244 g/mol. The molecule has 5 nitrogen and oxygen atoms in total. The van der Waals surface area contributed by atoms with Gasteiger partial charge in [-0.2, -0.15) is 0 Å². The van der Waals surface area contributed by atoms with Crippen molar-refractivity contribution in [3.8, 4) is 0 Å². The molecule has 1 rings (SSSR count). The molecule has 0 heterocycles. The molecule has 1 unspecified atom stereocenters. The normalized spacial score (nSPS) is 12.2. The molecule has 0 radical (unpaired) electrons. The first-order valence-electron chi connectivity index (χ1n) is 6.25. The highest BCUT2D eigenvalue weighted by atomic mass is 16.5. The van der Waals surface area contributed by atoms with E-state index in [0.717, 1.165) is 0 Å². The fourth-order valence-corrected chi connectivity index (χ4v) is 1.89. The number of anilines is 1. The highest BCUT2D eigenvalue weighted by molar-refractivity contribution is 5.99. The lowest BCUT2D eigenvalue weighted by Gasteiger charge is -2.29. The summed E-state index contributed by atoms with van der Waals surface area (Å²) in [6.07, 6.45) is 0. The summed E-state index contributed by atoms with van der Waals surface area (Å²) in [6.45, 7) is 3.40. The summed E-state index contributed by atoms with van der Waals surface area (Å²) in [4.78, 5) is 14.2. The third kappa shape index (κ3) is 4.22. The van der Waals surface area contributed by atoms with E-state index < -0.39 is 0 Å². The molecule has 106 valence electrons. The van der Waals surface area contributed by atoms with Crippen LogP contribution in [0.4, 0.5) is 5.69 Å². The van der Waals surface area contributed by atoms with E-state index in [1.807, 2.05) is 13.0 Å². The fraction of sp³-hybridized carbons (Fsp3) is 0.500. The van der Waals surface area contributed by atoms with Gasteiger partial charge in [-0.05, 0) is 19.1 Å². The molecule has 0 bridgehead atoms. The molecule has 0 aromatic heterocycles. The maximum absolute atomic E-state index is 12.5. The Balaban J connectivity index is 2.90. The molecule has 5 heteroatoms. The van der Waals surface area contributed by atoms with Crippen molar-refractivity contribution in [2.75, 3.05) is 39.7 Å². The van der Waals surface area contributed by atoms with E-state index in [2.05, 4.69) is 0 Å². The number of rotatable bonds is 7. The van der Waals surface area contributed by atoms with E-state index in [1.165, 1.54) is 0 Å². The van der Waals surface area contributed by atoms with Gasteiger partial charge in [-0.1, -0.05) is 12.1 Å². The van der Waals surface area contributed by atoms with Crippen LogP contribution in [-0.2, 0) is 9.47 Å². The molecule has 0 fully saturated rings. The number of nitrogens with two attached hydrogens (primary N) is 1. The number of hydrogen-bond acceptors (Lipinski definition) is 4. The lowest BCUT2D eigenvalue weighted by atomic mass is 10.1. The fourth-order valence-electron chi connectivity index (χ4n) is 1.89. The van der Waals surface area contributed by atoms with Crippen LogP contribution in [0.1, 0.15) is 17.3 Å². The summed E-state index contributed by atoms with van der Waals surface area (Å²) < 4.78 is 10.2. The molecule has 0 saturated heterocycles. The number of carbonyl (C=O) groups excluding carboxylic acids is 1.